The highest BCUT2D eigenvalue weighted by Crippen LogP contribution is 2.49. The lowest BCUT2D eigenvalue weighted by molar-refractivity contribution is -0.118. The Morgan fingerprint density at radius 3 is 2.08 bits per heavy atom. The summed E-state index contributed by atoms with van der Waals surface area (Å²) in [4.78, 5) is 25.1. The van der Waals surface area contributed by atoms with E-state index in [1.165, 1.54) is 22.3 Å². The number of carbonyl (C=O) groups is 2. The number of hydrogen-bond acceptors (Lipinski definition) is 4. The molecule has 36 heavy (non-hydrogen) atoms. The topological polar surface area (TPSA) is 70.6 Å². The predicted molar refractivity (Wildman–Crippen MR) is 147 cm³/mol. The first-order chi connectivity index (χ1) is 17.6. The van der Waals surface area contributed by atoms with Crippen molar-refractivity contribution in [3.8, 4) is 11.1 Å². The van der Waals surface area contributed by atoms with Crippen LogP contribution in [0.3, 0.4) is 0 Å². The molecule has 0 saturated carbocycles. The molecule has 0 saturated heterocycles. The van der Waals surface area contributed by atoms with Crippen LogP contribution in [-0.4, -0.2) is 23.3 Å². The fourth-order valence-electron chi connectivity index (χ4n) is 4.31. The summed E-state index contributed by atoms with van der Waals surface area (Å²) in [6.45, 7) is 1.83. The van der Waals surface area contributed by atoms with Crippen molar-refractivity contribution in [1.29, 1.82) is 0 Å². The number of anilines is 1. The van der Waals surface area contributed by atoms with Gasteiger partial charge in [0, 0.05) is 11.3 Å². The van der Waals surface area contributed by atoms with Gasteiger partial charge in [-0.1, -0.05) is 78.9 Å². The van der Waals surface area contributed by atoms with E-state index in [1.807, 2.05) is 61.5 Å². The van der Waals surface area contributed by atoms with Crippen LogP contribution in [0.5, 0.6) is 0 Å². The fraction of sp³-hybridized carbons (Fsp3) is 0.100. The molecule has 0 heterocycles. The third-order valence-corrected chi connectivity index (χ3v) is 7.35. The van der Waals surface area contributed by atoms with Gasteiger partial charge in [0.15, 0.2) is 0 Å². The molecule has 0 aliphatic heterocycles. The van der Waals surface area contributed by atoms with Gasteiger partial charge in [-0.25, -0.2) is 5.43 Å². The molecule has 0 unspecified atom stereocenters. The number of amides is 2. The van der Waals surface area contributed by atoms with Gasteiger partial charge in [0.1, 0.15) is 0 Å². The average molecular weight is 492 g/mol. The first-order valence-corrected chi connectivity index (χ1v) is 12.7. The van der Waals surface area contributed by atoms with Gasteiger partial charge >= 0.3 is 0 Å². The second kappa shape index (κ2) is 10.6. The van der Waals surface area contributed by atoms with Crippen molar-refractivity contribution in [2.45, 2.75) is 12.2 Å². The Morgan fingerprint density at radius 2 is 1.39 bits per heavy atom. The molecule has 0 aromatic heterocycles. The van der Waals surface area contributed by atoms with Gasteiger partial charge in [-0.05, 0) is 59.0 Å². The number of rotatable bonds is 7. The van der Waals surface area contributed by atoms with E-state index in [9.17, 15) is 9.59 Å². The van der Waals surface area contributed by atoms with Crippen molar-refractivity contribution < 1.29 is 9.59 Å². The zero-order chi connectivity index (χ0) is 24.9. The number of nitrogens with one attached hydrogen (secondary N) is 2. The summed E-state index contributed by atoms with van der Waals surface area (Å²) in [5, 5.41) is 7.32. The molecule has 5 rings (SSSR count). The summed E-state index contributed by atoms with van der Waals surface area (Å²) in [5.41, 5.74) is 10.4. The van der Waals surface area contributed by atoms with Crippen molar-refractivity contribution in [2.24, 2.45) is 5.10 Å². The van der Waals surface area contributed by atoms with Gasteiger partial charge < -0.3 is 5.32 Å². The zero-order valence-electron chi connectivity index (χ0n) is 19.8. The van der Waals surface area contributed by atoms with Gasteiger partial charge in [0.05, 0.1) is 16.7 Å². The highest BCUT2D eigenvalue weighted by atomic mass is 32.2. The van der Waals surface area contributed by atoms with Gasteiger partial charge in [-0.2, -0.15) is 5.10 Å². The third-order valence-electron chi connectivity index (χ3n) is 6.08. The van der Waals surface area contributed by atoms with Crippen molar-refractivity contribution >= 4 is 35.0 Å². The van der Waals surface area contributed by atoms with E-state index in [1.54, 1.807) is 23.9 Å². The molecule has 2 N–H and O–H groups in total. The molecule has 2 amide bonds. The smallest absolute Gasteiger partial charge is 0.255 e. The largest absolute Gasteiger partial charge is 0.322 e. The molecular formula is C30H25N3O2S. The molecule has 1 aliphatic carbocycles. The van der Waals surface area contributed by atoms with Crippen LogP contribution in [0.4, 0.5) is 5.69 Å². The SMILES string of the molecule is C/C(=N/NC(=O)CSC1c2ccccc2-c2ccccc21)c1cccc(NC(=O)c2ccccc2)c1. The minimum atomic E-state index is -0.178. The maximum atomic E-state index is 12.6. The lowest BCUT2D eigenvalue weighted by Crippen LogP contribution is -2.21. The van der Waals surface area contributed by atoms with Gasteiger partial charge in [0.2, 0.25) is 5.91 Å². The summed E-state index contributed by atoms with van der Waals surface area (Å²) >= 11 is 1.60. The normalized spacial score (nSPS) is 12.5. The molecule has 4 aromatic rings. The third kappa shape index (κ3) is 5.09. The molecule has 0 atom stereocenters. The minimum absolute atomic E-state index is 0.123. The Labute approximate surface area is 214 Å². The van der Waals surface area contributed by atoms with Gasteiger partial charge in [-0.15, -0.1) is 11.8 Å². The summed E-state index contributed by atoms with van der Waals surface area (Å²) in [6.07, 6.45) is 0. The monoisotopic (exact) mass is 491 g/mol. The van der Waals surface area contributed by atoms with Crippen molar-refractivity contribution in [3.05, 3.63) is 125 Å². The number of hydrazone groups is 1. The van der Waals surface area contributed by atoms with E-state index < -0.39 is 0 Å². The highest BCUT2D eigenvalue weighted by molar-refractivity contribution is 8.00. The summed E-state index contributed by atoms with van der Waals surface area (Å²) in [7, 11) is 0. The summed E-state index contributed by atoms with van der Waals surface area (Å²) < 4.78 is 0. The van der Waals surface area contributed by atoms with E-state index in [0.29, 0.717) is 17.0 Å². The van der Waals surface area contributed by atoms with E-state index >= 15 is 0 Å². The number of thioether (sulfide) groups is 1. The average Bonchev–Trinajstić information content (AvgIpc) is 3.25. The number of hydrogen-bond donors (Lipinski definition) is 2. The quantitative estimate of drug-likeness (QED) is 0.236. The van der Waals surface area contributed by atoms with Crippen molar-refractivity contribution in [1.82, 2.24) is 5.43 Å². The lowest BCUT2D eigenvalue weighted by Gasteiger charge is -2.12. The summed E-state index contributed by atoms with van der Waals surface area (Å²) in [5.74, 6) is -0.0467. The molecule has 1 aliphatic rings. The van der Waals surface area contributed by atoms with Crippen LogP contribution < -0.4 is 10.7 Å². The molecule has 178 valence electrons. The van der Waals surface area contributed by atoms with Crippen LogP contribution in [0.15, 0.2) is 108 Å². The van der Waals surface area contributed by atoms with Gasteiger partial charge in [0.25, 0.3) is 5.91 Å². The van der Waals surface area contributed by atoms with Gasteiger partial charge in [-0.3, -0.25) is 9.59 Å². The maximum Gasteiger partial charge on any atom is 0.255 e. The molecular weight excluding hydrogens is 466 g/mol. The molecule has 6 heteroatoms. The summed E-state index contributed by atoms with van der Waals surface area (Å²) in [6, 6.07) is 33.2. The minimum Gasteiger partial charge on any atom is -0.322 e. The predicted octanol–water partition coefficient (Wildman–Crippen LogP) is 6.28. The zero-order valence-corrected chi connectivity index (χ0v) is 20.6. The number of carbonyl (C=O) groups excluding carboxylic acids is 2. The number of benzene rings is 4. The van der Waals surface area contributed by atoms with E-state index in [2.05, 4.69) is 52.2 Å². The van der Waals surface area contributed by atoms with E-state index in [-0.39, 0.29) is 22.8 Å². The van der Waals surface area contributed by atoms with E-state index in [4.69, 9.17) is 0 Å². The highest BCUT2D eigenvalue weighted by Gasteiger charge is 2.28. The lowest BCUT2D eigenvalue weighted by atomic mass is 10.1. The molecule has 0 bridgehead atoms. The van der Waals surface area contributed by atoms with Crippen LogP contribution in [0.2, 0.25) is 0 Å². The fourth-order valence-corrected chi connectivity index (χ4v) is 5.46. The van der Waals surface area contributed by atoms with Crippen LogP contribution in [0, 0.1) is 0 Å². The van der Waals surface area contributed by atoms with Crippen LogP contribution in [-0.2, 0) is 4.79 Å². The molecule has 4 aromatic carbocycles. The number of fused-ring (bicyclic) bond motifs is 3. The molecule has 5 nitrogen and oxygen atoms in total. The second-order valence-corrected chi connectivity index (χ2v) is 9.59. The maximum absolute atomic E-state index is 12.6. The number of nitrogens with zero attached hydrogens (tertiary/aromatic N) is 1. The van der Waals surface area contributed by atoms with Crippen LogP contribution >= 0.6 is 11.8 Å². The van der Waals surface area contributed by atoms with Crippen LogP contribution in [0.1, 0.15) is 39.2 Å². The Morgan fingerprint density at radius 1 is 0.778 bits per heavy atom. The Bertz CT molecular complexity index is 1400. The Balaban J connectivity index is 1.21. The molecule has 0 spiro atoms. The standard InChI is InChI=1S/C30H25N3O2S/c1-20(22-12-9-13-23(18-22)31-30(35)21-10-3-2-4-11-21)32-33-28(34)19-36-29-26-16-7-5-14-24(26)25-15-6-8-17-27(25)29/h2-18,29H,19H2,1H3,(H,31,35)(H,33,34)/b32-20-. The molecule has 0 fully saturated rings. The van der Waals surface area contributed by atoms with Crippen molar-refractivity contribution in [2.75, 3.05) is 11.1 Å². The first-order valence-electron chi connectivity index (χ1n) is 11.7. The van der Waals surface area contributed by atoms with Crippen LogP contribution in [0.25, 0.3) is 11.1 Å². The first kappa shape index (κ1) is 23.6. The van der Waals surface area contributed by atoms with Crippen molar-refractivity contribution in [3.63, 3.8) is 0 Å². The molecule has 0 radical (unpaired) electrons. The Kier molecular flexibility index (Phi) is 6.96. The second-order valence-electron chi connectivity index (χ2n) is 8.50. The Hall–Kier alpha value is -4.16. The van der Waals surface area contributed by atoms with E-state index in [0.717, 1.165) is 5.56 Å².